The summed E-state index contributed by atoms with van der Waals surface area (Å²) >= 11 is 0. The van der Waals surface area contributed by atoms with Gasteiger partial charge in [0.2, 0.25) is 11.5 Å². The first-order valence-electron chi connectivity index (χ1n) is 3.84. The second kappa shape index (κ2) is 2.69. The van der Waals surface area contributed by atoms with E-state index in [9.17, 15) is 4.79 Å². The van der Waals surface area contributed by atoms with Gasteiger partial charge in [0.05, 0.1) is 16.8 Å². The van der Waals surface area contributed by atoms with Crippen LogP contribution in [0.1, 0.15) is 16.2 Å². The number of anilines is 1. The maximum atomic E-state index is 10.7. The first-order valence-corrected chi connectivity index (χ1v) is 3.84. The molecule has 6 nitrogen and oxygen atoms in total. The van der Waals surface area contributed by atoms with Gasteiger partial charge in [-0.25, -0.2) is 14.8 Å². The molecule has 0 unspecified atom stereocenters. The minimum absolute atomic E-state index is 0.0746. The van der Waals surface area contributed by atoms with Crippen molar-refractivity contribution in [3.63, 3.8) is 0 Å². The number of aryl methyl sites for hydroxylation is 1. The van der Waals surface area contributed by atoms with Crippen LogP contribution >= 0.6 is 0 Å². The predicted molar refractivity (Wildman–Crippen MR) is 47.9 cm³/mol. The normalized spacial score (nSPS) is 10.6. The molecule has 0 saturated carbocycles. The molecular formula is C8H7N3O3. The van der Waals surface area contributed by atoms with Gasteiger partial charge in [-0.3, -0.25) is 0 Å². The van der Waals surface area contributed by atoms with Crippen LogP contribution in [-0.4, -0.2) is 21.0 Å². The summed E-state index contributed by atoms with van der Waals surface area (Å²) in [6.45, 7) is 1.71. The average molecular weight is 193 g/mol. The van der Waals surface area contributed by atoms with E-state index in [1.165, 1.54) is 6.33 Å². The van der Waals surface area contributed by atoms with Crippen LogP contribution in [0.25, 0.3) is 11.1 Å². The van der Waals surface area contributed by atoms with Crippen LogP contribution in [0.5, 0.6) is 0 Å². The average Bonchev–Trinajstić information content (AvgIpc) is 2.45. The number of carboxylic acids is 1. The fraction of sp³-hybridized carbons (Fsp3) is 0.125. The summed E-state index contributed by atoms with van der Waals surface area (Å²) in [4.78, 5) is 18.4. The van der Waals surface area contributed by atoms with E-state index in [2.05, 4.69) is 9.97 Å². The van der Waals surface area contributed by atoms with E-state index < -0.39 is 5.97 Å². The van der Waals surface area contributed by atoms with Gasteiger partial charge in [0.15, 0.2) is 0 Å². The molecule has 0 atom stereocenters. The Labute approximate surface area is 78.4 Å². The standard InChI is InChI=1S/C8H7N3O3/c1-3-4-5(9)6(8(12)13)14-7(4)11-2-10-3/h2H,9H2,1H3,(H,12,13). The number of rotatable bonds is 1. The zero-order valence-electron chi connectivity index (χ0n) is 7.31. The number of furan rings is 1. The summed E-state index contributed by atoms with van der Waals surface area (Å²) < 4.78 is 4.97. The van der Waals surface area contributed by atoms with Gasteiger partial charge in [-0.05, 0) is 6.92 Å². The molecule has 2 rings (SSSR count). The summed E-state index contributed by atoms with van der Waals surface area (Å²) in [7, 11) is 0. The molecule has 72 valence electrons. The number of aromatic nitrogens is 2. The van der Waals surface area contributed by atoms with E-state index in [0.717, 1.165) is 0 Å². The van der Waals surface area contributed by atoms with E-state index in [1.54, 1.807) is 6.92 Å². The Morgan fingerprint density at radius 1 is 1.57 bits per heavy atom. The number of hydrogen-bond donors (Lipinski definition) is 2. The zero-order chi connectivity index (χ0) is 10.3. The molecule has 0 fully saturated rings. The Bertz CT molecular complexity index is 518. The van der Waals surface area contributed by atoms with Crippen LogP contribution in [0.4, 0.5) is 5.69 Å². The van der Waals surface area contributed by atoms with E-state index in [0.29, 0.717) is 11.1 Å². The smallest absolute Gasteiger partial charge is 0.374 e. The third kappa shape index (κ3) is 1.00. The third-order valence-electron chi connectivity index (χ3n) is 1.91. The van der Waals surface area contributed by atoms with Gasteiger partial charge in [0.1, 0.15) is 6.33 Å². The molecule has 0 aliphatic heterocycles. The number of carboxylic acid groups (broad SMARTS) is 1. The van der Waals surface area contributed by atoms with Gasteiger partial charge in [0, 0.05) is 0 Å². The summed E-state index contributed by atoms with van der Waals surface area (Å²) in [5.41, 5.74) is 6.46. The lowest BCUT2D eigenvalue weighted by atomic mass is 10.2. The lowest BCUT2D eigenvalue weighted by Gasteiger charge is -1.92. The Hall–Kier alpha value is -2.11. The first-order chi connectivity index (χ1) is 6.61. The quantitative estimate of drug-likeness (QED) is 0.694. The lowest BCUT2D eigenvalue weighted by Crippen LogP contribution is -1.98. The largest absolute Gasteiger partial charge is 0.475 e. The first kappa shape index (κ1) is 8.49. The van der Waals surface area contributed by atoms with Gasteiger partial charge < -0.3 is 15.3 Å². The van der Waals surface area contributed by atoms with Crippen LogP contribution < -0.4 is 5.73 Å². The number of nitrogens with two attached hydrogens (primary N) is 1. The number of hydrogen-bond acceptors (Lipinski definition) is 5. The Morgan fingerprint density at radius 3 is 2.86 bits per heavy atom. The van der Waals surface area contributed by atoms with Crippen molar-refractivity contribution in [1.82, 2.24) is 9.97 Å². The van der Waals surface area contributed by atoms with Crippen LogP contribution in [0.15, 0.2) is 10.7 Å². The second-order valence-corrected chi connectivity index (χ2v) is 2.79. The van der Waals surface area contributed by atoms with E-state index >= 15 is 0 Å². The minimum atomic E-state index is -1.21. The van der Waals surface area contributed by atoms with Crippen molar-refractivity contribution >= 4 is 22.8 Å². The van der Waals surface area contributed by atoms with Gasteiger partial charge in [0.25, 0.3) is 0 Å². The van der Waals surface area contributed by atoms with Crippen LogP contribution in [0.2, 0.25) is 0 Å². The van der Waals surface area contributed by atoms with Gasteiger partial charge in [-0.2, -0.15) is 0 Å². The Morgan fingerprint density at radius 2 is 2.29 bits per heavy atom. The second-order valence-electron chi connectivity index (χ2n) is 2.79. The Balaban J connectivity index is 2.87. The van der Waals surface area contributed by atoms with Crippen LogP contribution in [0.3, 0.4) is 0 Å². The third-order valence-corrected chi connectivity index (χ3v) is 1.91. The maximum Gasteiger partial charge on any atom is 0.374 e. The van der Waals surface area contributed by atoms with Crippen LogP contribution in [-0.2, 0) is 0 Å². The molecule has 0 radical (unpaired) electrons. The fourth-order valence-electron chi connectivity index (χ4n) is 1.26. The van der Waals surface area contributed by atoms with Crippen molar-refractivity contribution in [2.75, 3.05) is 5.73 Å². The molecule has 0 aromatic carbocycles. The number of fused-ring (bicyclic) bond motifs is 1. The molecule has 0 aliphatic carbocycles. The number of aromatic carboxylic acids is 1. The molecule has 0 saturated heterocycles. The molecule has 2 aromatic heterocycles. The summed E-state index contributed by atoms with van der Waals surface area (Å²) in [6.07, 6.45) is 1.30. The number of nitrogen functional groups attached to an aromatic ring is 1. The fourth-order valence-corrected chi connectivity index (χ4v) is 1.26. The summed E-state index contributed by atoms with van der Waals surface area (Å²) in [5, 5.41) is 9.20. The minimum Gasteiger partial charge on any atom is -0.475 e. The molecule has 0 aliphatic rings. The van der Waals surface area contributed by atoms with Gasteiger partial charge in [-0.15, -0.1) is 0 Å². The topological polar surface area (TPSA) is 102 Å². The highest BCUT2D eigenvalue weighted by Gasteiger charge is 2.19. The molecule has 2 heterocycles. The van der Waals surface area contributed by atoms with Crippen molar-refractivity contribution in [1.29, 1.82) is 0 Å². The van der Waals surface area contributed by atoms with Gasteiger partial charge >= 0.3 is 5.97 Å². The van der Waals surface area contributed by atoms with E-state index in [1.807, 2.05) is 0 Å². The molecule has 0 spiro atoms. The molecule has 14 heavy (non-hydrogen) atoms. The highest BCUT2D eigenvalue weighted by Crippen LogP contribution is 2.28. The SMILES string of the molecule is Cc1ncnc2oc(C(=O)O)c(N)c12. The molecule has 2 aromatic rings. The molecule has 3 N–H and O–H groups in total. The summed E-state index contributed by atoms with van der Waals surface area (Å²) in [6, 6.07) is 0. The monoisotopic (exact) mass is 193 g/mol. The van der Waals surface area contributed by atoms with E-state index in [4.69, 9.17) is 15.3 Å². The number of carbonyl (C=O) groups is 1. The van der Waals surface area contributed by atoms with Crippen molar-refractivity contribution in [2.24, 2.45) is 0 Å². The highest BCUT2D eigenvalue weighted by atomic mass is 16.4. The molecule has 0 bridgehead atoms. The highest BCUT2D eigenvalue weighted by molar-refractivity contribution is 6.02. The Kier molecular flexibility index (Phi) is 1.63. The van der Waals surface area contributed by atoms with Crippen molar-refractivity contribution in [3.8, 4) is 0 Å². The molecule has 0 amide bonds. The molecule has 6 heteroatoms. The van der Waals surface area contributed by atoms with Crippen LogP contribution in [0, 0.1) is 6.92 Å². The predicted octanol–water partition coefficient (Wildman–Crippen LogP) is 0.812. The maximum absolute atomic E-state index is 10.7. The van der Waals surface area contributed by atoms with Crippen molar-refractivity contribution < 1.29 is 14.3 Å². The van der Waals surface area contributed by atoms with Crippen molar-refractivity contribution in [2.45, 2.75) is 6.92 Å². The summed E-state index contributed by atoms with van der Waals surface area (Å²) in [5.74, 6) is -1.50. The number of nitrogens with zero attached hydrogens (tertiary/aromatic N) is 2. The lowest BCUT2D eigenvalue weighted by molar-refractivity contribution is 0.0666. The van der Waals surface area contributed by atoms with E-state index in [-0.39, 0.29) is 17.2 Å². The van der Waals surface area contributed by atoms with Crippen molar-refractivity contribution in [3.05, 3.63) is 17.8 Å². The molecular weight excluding hydrogens is 186 g/mol. The zero-order valence-corrected chi connectivity index (χ0v) is 7.31. The van der Waals surface area contributed by atoms with Gasteiger partial charge in [-0.1, -0.05) is 0 Å².